The molecule has 0 bridgehead atoms. The van der Waals surface area contributed by atoms with Crippen LogP contribution in [-0.2, 0) is 21.7 Å². The highest BCUT2D eigenvalue weighted by molar-refractivity contribution is 7.92. The van der Waals surface area contributed by atoms with Gasteiger partial charge in [0, 0.05) is 19.5 Å². The summed E-state index contributed by atoms with van der Waals surface area (Å²) in [5.74, 6) is -0.550. The monoisotopic (exact) mass is 231 g/mol. The normalized spacial score (nSPS) is 13.5. The van der Waals surface area contributed by atoms with E-state index >= 15 is 0 Å². The zero-order chi connectivity index (χ0) is 11.6. The number of carbonyl (C=O) groups is 1. The average Bonchev–Trinajstić information content (AvgIpc) is 2.48. The Balaban J connectivity index is 2.72. The molecule has 1 atom stereocenters. The lowest BCUT2D eigenvalue weighted by Gasteiger charge is -2.08. The summed E-state index contributed by atoms with van der Waals surface area (Å²) in [6.07, 6.45) is 4.07. The van der Waals surface area contributed by atoms with Gasteiger partial charge in [-0.15, -0.1) is 0 Å². The topological polar surface area (TPSA) is 81.1 Å². The van der Waals surface area contributed by atoms with Crippen molar-refractivity contribution in [1.29, 1.82) is 0 Å². The van der Waals surface area contributed by atoms with Gasteiger partial charge in [0.25, 0.3) is 0 Å². The number of aromatic nitrogens is 2. The van der Waals surface area contributed by atoms with Crippen LogP contribution < -0.4 is 5.32 Å². The molecule has 1 N–H and O–H groups in total. The summed E-state index contributed by atoms with van der Waals surface area (Å²) < 4.78 is 23.7. The van der Waals surface area contributed by atoms with Crippen molar-refractivity contribution < 1.29 is 13.2 Å². The molecule has 0 saturated carbocycles. The number of nitrogens with zero attached hydrogens (tertiary/aromatic N) is 2. The first-order valence-corrected chi connectivity index (χ1v) is 6.24. The summed E-state index contributed by atoms with van der Waals surface area (Å²) in [6.45, 7) is 1.35. The third-order valence-electron chi connectivity index (χ3n) is 1.98. The van der Waals surface area contributed by atoms with Crippen molar-refractivity contribution >= 4 is 21.4 Å². The molecule has 15 heavy (non-hydrogen) atoms. The number of anilines is 1. The molecule has 0 aliphatic heterocycles. The van der Waals surface area contributed by atoms with Crippen molar-refractivity contribution in [2.75, 3.05) is 11.6 Å². The lowest BCUT2D eigenvalue weighted by Crippen LogP contribution is -2.31. The third kappa shape index (κ3) is 3.05. The summed E-state index contributed by atoms with van der Waals surface area (Å²) in [6, 6.07) is 0. The maximum Gasteiger partial charge on any atom is 0.242 e. The predicted octanol–water partition coefficient (Wildman–Crippen LogP) is -0.208. The van der Waals surface area contributed by atoms with Gasteiger partial charge in [0.15, 0.2) is 9.84 Å². The molecule has 1 aromatic heterocycles. The fourth-order valence-electron chi connectivity index (χ4n) is 0.924. The van der Waals surface area contributed by atoms with Crippen LogP contribution >= 0.6 is 0 Å². The van der Waals surface area contributed by atoms with Crippen LogP contribution in [0.15, 0.2) is 12.4 Å². The van der Waals surface area contributed by atoms with Gasteiger partial charge >= 0.3 is 0 Å². The third-order valence-corrected chi connectivity index (χ3v) is 3.48. The zero-order valence-electron chi connectivity index (χ0n) is 8.76. The molecule has 0 aliphatic rings. The standard InChI is InChI=1S/C8H13N3O3S/c1-6(15(3,13)14)8(12)10-7-4-9-11(2)5-7/h4-6H,1-3H3,(H,10,12). The van der Waals surface area contributed by atoms with Gasteiger partial charge < -0.3 is 5.32 Å². The second-order valence-electron chi connectivity index (χ2n) is 3.36. The molecular weight excluding hydrogens is 218 g/mol. The van der Waals surface area contributed by atoms with E-state index in [-0.39, 0.29) is 0 Å². The summed E-state index contributed by atoms with van der Waals surface area (Å²) in [7, 11) is -1.65. The Morgan fingerprint density at radius 3 is 2.60 bits per heavy atom. The van der Waals surface area contributed by atoms with Gasteiger partial charge in [-0.3, -0.25) is 9.48 Å². The van der Waals surface area contributed by atoms with Gasteiger partial charge in [-0.25, -0.2) is 8.42 Å². The summed E-state index contributed by atoms with van der Waals surface area (Å²) >= 11 is 0. The van der Waals surface area contributed by atoms with Crippen LogP contribution in [0.25, 0.3) is 0 Å². The highest BCUT2D eigenvalue weighted by Crippen LogP contribution is 2.06. The Morgan fingerprint density at radius 2 is 2.20 bits per heavy atom. The molecule has 6 nitrogen and oxygen atoms in total. The number of sulfone groups is 1. The molecule has 1 aromatic rings. The molecule has 0 saturated heterocycles. The lowest BCUT2D eigenvalue weighted by molar-refractivity contribution is -0.115. The second-order valence-corrected chi connectivity index (χ2v) is 5.73. The van der Waals surface area contributed by atoms with Crippen LogP contribution in [0, 0.1) is 0 Å². The molecule has 7 heteroatoms. The predicted molar refractivity (Wildman–Crippen MR) is 56.1 cm³/mol. The van der Waals surface area contributed by atoms with Crippen LogP contribution in [0.2, 0.25) is 0 Å². The van der Waals surface area contributed by atoms with E-state index in [4.69, 9.17) is 0 Å². The van der Waals surface area contributed by atoms with E-state index in [1.165, 1.54) is 17.8 Å². The van der Waals surface area contributed by atoms with E-state index in [0.29, 0.717) is 5.69 Å². The summed E-state index contributed by atoms with van der Waals surface area (Å²) in [5.41, 5.74) is 0.484. The van der Waals surface area contributed by atoms with E-state index in [0.717, 1.165) is 6.26 Å². The van der Waals surface area contributed by atoms with E-state index in [2.05, 4.69) is 10.4 Å². The molecule has 1 unspecified atom stereocenters. The molecule has 0 aromatic carbocycles. The Kier molecular flexibility index (Phi) is 3.13. The number of rotatable bonds is 3. The summed E-state index contributed by atoms with van der Waals surface area (Å²) in [4.78, 5) is 11.4. The fourth-order valence-corrected chi connectivity index (χ4v) is 1.37. The van der Waals surface area contributed by atoms with Crippen molar-refractivity contribution in [2.24, 2.45) is 7.05 Å². The highest BCUT2D eigenvalue weighted by atomic mass is 32.2. The number of nitrogens with one attached hydrogen (secondary N) is 1. The van der Waals surface area contributed by atoms with Crippen LogP contribution in [0.3, 0.4) is 0 Å². The minimum absolute atomic E-state index is 0.484. The van der Waals surface area contributed by atoms with Crippen LogP contribution in [0.4, 0.5) is 5.69 Å². The Hall–Kier alpha value is -1.37. The van der Waals surface area contributed by atoms with Crippen LogP contribution in [0.1, 0.15) is 6.92 Å². The van der Waals surface area contributed by atoms with Gasteiger partial charge in [-0.1, -0.05) is 0 Å². The van der Waals surface area contributed by atoms with Crippen molar-refractivity contribution in [1.82, 2.24) is 9.78 Å². The Labute approximate surface area is 88.2 Å². The van der Waals surface area contributed by atoms with Gasteiger partial charge in [0.1, 0.15) is 5.25 Å². The molecular formula is C8H13N3O3S. The zero-order valence-corrected chi connectivity index (χ0v) is 9.58. The fraction of sp³-hybridized carbons (Fsp3) is 0.500. The van der Waals surface area contributed by atoms with E-state index in [9.17, 15) is 13.2 Å². The largest absolute Gasteiger partial charge is 0.322 e. The number of hydrogen-bond acceptors (Lipinski definition) is 4. The van der Waals surface area contributed by atoms with Gasteiger partial charge in [0.2, 0.25) is 5.91 Å². The Bertz CT molecular complexity index is 463. The van der Waals surface area contributed by atoms with Crippen molar-refractivity contribution in [3.63, 3.8) is 0 Å². The Morgan fingerprint density at radius 1 is 1.60 bits per heavy atom. The average molecular weight is 231 g/mol. The second kappa shape index (κ2) is 4.01. The van der Waals surface area contributed by atoms with E-state index < -0.39 is 21.0 Å². The number of hydrogen-bond donors (Lipinski definition) is 1. The highest BCUT2D eigenvalue weighted by Gasteiger charge is 2.23. The van der Waals surface area contributed by atoms with E-state index in [1.807, 2.05) is 0 Å². The molecule has 1 rings (SSSR count). The van der Waals surface area contributed by atoms with Gasteiger partial charge in [-0.05, 0) is 6.92 Å². The molecule has 0 fully saturated rings. The maximum absolute atomic E-state index is 11.4. The van der Waals surface area contributed by atoms with Crippen LogP contribution in [0.5, 0.6) is 0 Å². The quantitative estimate of drug-likeness (QED) is 0.780. The smallest absolute Gasteiger partial charge is 0.242 e. The van der Waals surface area contributed by atoms with Gasteiger partial charge in [-0.2, -0.15) is 5.10 Å². The minimum atomic E-state index is -3.35. The number of aryl methyl sites for hydroxylation is 1. The molecule has 1 amide bonds. The minimum Gasteiger partial charge on any atom is -0.322 e. The first-order valence-electron chi connectivity index (χ1n) is 4.29. The number of amides is 1. The van der Waals surface area contributed by atoms with Crippen LogP contribution in [-0.4, -0.2) is 35.6 Å². The number of carbonyl (C=O) groups excluding carboxylic acids is 1. The SMILES string of the molecule is CC(C(=O)Nc1cnn(C)c1)S(C)(=O)=O. The molecule has 1 heterocycles. The first-order chi connectivity index (χ1) is 6.80. The van der Waals surface area contributed by atoms with E-state index in [1.54, 1.807) is 13.2 Å². The van der Waals surface area contributed by atoms with Crippen molar-refractivity contribution in [2.45, 2.75) is 12.2 Å². The molecule has 0 radical (unpaired) electrons. The van der Waals surface area contributed by atoms with Crippen molar-refractivity contribution in [3.8, 4) is 0 Å². The lowest BCUT2D eigenvalue weighted by atomic mass is 10.4. The molecule has 0 spiro atoms. The molecule has 0 aliphatic carbocycles. The first kappa shape index (κ1) is 11.7. The van der Waals surface area contributed by atoms with Gasteiger partial charge in [0.05, 0.1) is 11.9 Å². The van der Waals surface area contributed by atoms with Crippen molar-refractivity contribution in [3.05, 3.63) is 12.4 Å². The maximum atomic E-state index is 11.4. The molecule has 84 valence electrons. The summed E-state index contributed by atoms with van der Waals surface area (Å²) in [5, 5.41) is 5.25.